The summed E-state index contributed by atoms with van der Waals surface area (Å²) in [5, 5.41) is 15.3. The van der Waals surface area contributed by atoms with Crippen molar-refractivity contribution in [3.05, 3.63) is 75.5 Å². The van der Waals surface area contributed by atoms with Gasteiger partial charge in [0, 0.05) is 39.5 Å². The monoisotopic (exact) mass is 565 g/mol. The van der Waals surface area contributed by atoms with Crippen molar-refractivity contribution in [2.45, 2.75) is 45.6 Å². The number of aryl methyl sites for hydroxylation is 2. The lowest BCUT2D eigenvalue weighted by Gasteiger charge is -2.20. The van der Waals surface area contributed by atoms with Gasteiger partial charge in [-0.3, -0.25) is 4.98 Å². The number of tetrazole rings is 1. The number of H-pyrrole nitrogens is 1. The molecule has 36 heavy (non-hydrogen) atoms. The highest BCUT2D eigenvalue weighted by atomic mass is 79.9. The van der Waals surface area contributed by atoms with Crippen LogP contribution in [-0.4, -0.2) is 25.6 Å². The van der Waals surface area contributed by atoms with Crippen LogP contribution < -0.4 is 4.74 Å². The Balaban J connectivity index is 0.00000267. The van der Waals surface area contributed by atoms with Crippen LogP contribution in [-0.2, 0) is 25.9 Å². The largest absolute Gasteiger partial charge is 0.488 e. The molecule has 9 heteroatoms. The van der Waals surface area contributed by atoms with Crippen molar-refractivity contribution < 1.29 is 9.15 Å². The first-order valence-electron chi connectivity index (χ1n) is 11.9. The number of aromatic amines is 1. The summed E-state index contributed by atoms with van der Waals surface area (Å²) in [6.07, 6.45) is 5.39. The Morgan fingerprint density at radius 1 is 1.06 bits per heavy atom. The molecule has 184 valence electrons. The number of pyridine rings is 1. The van der Waals surface area contributed by atoms with E-state index in [1.165, 1.54) is 24.1 Å². The average molecular weight is 567 g/mol. The first kappa shape index (κ1) is 24.5. The van der Waals surface area contributed by atoms with Crippen molar-refractivity contribution >= 4 is 39.3 Å². The van der Waals surface area contributed by atoms with Gasteiger partial charge in [-0.2, -0.15) is 0 Å². The summed E-state index contributed by atoms with van der Waals surface area (Å²) in [5.74, 6) is 2.31. The molecule has 0 bridgehead atoms. The van der Waals surface area contributed by atoms with Crippen molar-refractivity contribution in [1.82, 2.24) is 25.6 Å². The number of nitrogens with zero attached hydrogens (tertiary/aromatic N) is 4. The summed E-state index contributed by atoms with van der Waals surface area (Å²) in [6, 6.07) is 16.2. The van der Waals surface area contributed by atoms with Gasteiger partial charge in [-0.1, -0.05) is 37.3 Å². The summed E-state index contributed by atoms with van der Waals surface area (Å²) in [6.45, 7) is 2.63. The topological polar surface area (TPSA) is 89.7 Å². The zero-order chi connectivity index (χ0) is 23.8. The van der Waals surface area contributed by atoms with Crippen molar-refractivity contribution in [1.29, 1.82) is 0 Å². The fourth-order valence-electron chi connectivity index (χ4n) is 4.73. The van der Waals surface area contributed by atoms with Crippen LogP contribution in [0.5, 0.6) is 5.75 Å². The molecule has 1 N–H and O–H groups in total. The molecule has 3 heterocycles. The Labute approximate surface area is 223 Å². The molecule has 1 aliphatic carbocycles. The van der Waals surface area contributed by atoms with Gasteiger partial charge in [0.05, 0.1) is 4.47 Å². The molecule has 2 aromatic carbocycles. The number of benzene rings is 2. The minimum Gasteiger partial charge on any atom is -0.488 e. The zero-order valence-corrected chi connectivity index (χ0v) is 22.2. The van der Waals surface area contributed by atoms with Crippen molar-refractivity contribution in [3.8, 4) is 28.5 Å². The highest BCUT2D eigenvalue weighted by molar-refractivity contribution is 9.10. The van der Waals surface area contributed by atoms with Crippen LogP contribution in [0.25, 0.3) is 33.7 Å². The van der Waals surface area contributed by atoms with Crippen molar-refractivity contribution in [2.75, 3.05) is 0 Å². The lowest BCUT2D eigenvalue weighted by atomic mass is 9.94. The molecule has 0 radical (unpaired) electrons. The number of rotatable bonds is 6. The molecule has 0 amide bonds. The Morgan fingerprint density at radius 2 is 1.89 bits per heavy atom. The molecule has 0 saturated heterocycles. The average Bonchev–Trinajstić information content (AvgIpc) is 3.55. The first-order valence-corrected chi connectivity index (χ1v) is 12.7. The third kappa shape index (κ3) is 4.51. The van der Waals surface area contributed by atoms with E-state index in [1.54, 1.807) is 0 Å². The van der Waals surface area contributed by atoms with Gasteiger partial charge in [0.2, 0.25) is 0 Å². The second kappa shape index (κ2) is 10.4. The molecule has 0 aliphatic heterocycles. The van der Waals surface area contributed by atoms with Crippen LogP contribution in [0, 0.1) is 0 Å². The maximum Gasteiger partial charge on any atom is 0.180 e. The zero-order valence-electron chi connectivity index (χ0n) is 19.8. The molecule has 3 aromatic heterocycles. The minimum absolute atomic E-state index is 0. The van der Waals surface area contributed by atoms with Gasteiger partial charge in [0.1, 0.15) is 23.7 Å². The van der Waals surface area contributed by atoms with Crippen LogP contribution in [0.2, 0.25) is 0 Å². The first-order chi connectivity index (χ1) is 17.2. The molecule has 0 spiro atoms. The van der Waals surface area contributed by atoms with Gasteiger partial charge in [0.25, 0.3) is 0 Å². The second-order valence-electron chi connectivity index (χ2n) is 8.76. The van der Waals surface area contributed by atoms with E-state index in [2.05, 4.69) is 61.7 Å². The number of ether oxygens (including phenoxy) is 1. The summed E-state index contributed by atoms with van der Waals surface area (Å²) in [4.78, 5) is 4.84. The number of fused-ring (bicyclic) bond motifs is 2. The van der Waals surface area contributed by atoms with Gasteiger partial charge in [-0.15, -0.1) is 17.5 Å². The maximum atomic E-state index is 6.37. The molecule has 0 saturated carbocycles. The molecular formula is C27H25BrClN5O2. The van der Waals surface area contributed by atoms with Crippen LogP contribution in [0.4, 0.5) is 0 Å². The maximum absolute atomic E-state index is 6.37. The number of aromatic nitrogens is 5. The van der Waals surface area contributed by atoms with Gasteiger partial charge in [0.15, 0.2) is 5.82 Å². The smallest absolute Gasteiger partial charge is 0.180 e. The second-order valence-corrected chi connectivity index (χ2v) is 9.55. The molecule has 7 nitrogen and oxygen atoms in total. The normalized spacial score (nSPS) is 12.8. The number of furan rings is 1. The Kier molecular flexibility index (Phi) is 7.07. The van der Waals surface area contributed by atoms with E-state index in [9.17, 15) is 0 Å². The van der Waals surface area contributed by atoms with E-state index in [-0.39, 0.29) is 12.4 Å². The highest BCUT2D eigenvalue weighted by Gasteiger charge is 2.20. The van der Waals surface area contributed by atoms with E-state index in [4.69, 9.17) is 14.1 Å². The number of hydrogen-bond acceptors (Lipinski definition) is 6. The predicted molar refractivity (Wildman–Crippen MR) is 144 cm³/mol. The fraction of sp³-hybridized carbons (Fsp3) is 0.259. The van der Waals surface area contributed by atoms with E-state index in [1.807, 2.05) is 30.3 Å². The summed E-state index contributed by atoms with van der Waals surface area (Å²) in [5.41, 5.74) is 7.24. The standard InChI is InChI=1S/C27H24BrN5O2.ClH/c1-2-17-14-24(20-9-5-6-10-22(20)29-17)34-15-16-11-12-23-21(13-16)25(28)26(35-23)18-7-3-4-8-19(18)27-30-32-33-31-27;/h3-4,7-8,11-14H,2,5-6,9-10,15H2,1H3,(H,30,31,32,33);1H. The SMILES string of the molecule is CCc1cc(OCc2ccc3oc(-c4ccccc4-c4nnn[nH]4)c(Br)c3c2)c2c(n1)CCCC2.Cl. The Hall–Kier alpha value is -3.23. The molecule has 0 atom stereocenters. The minimum atomic E-state index is 0. The van der Waals surface area contributed by atoms with E-state index in [0.29, 0.717) is 12.4 Å². The predicted octanol–water partition coefficient (Wildman–Crippen LogP) is 6.88. The van der Waals surface area contributed by atoms with Crippen LogP contribution >= 0.6 is 28.3 Å². The summed E-state index contributed by atoms with van der Waals surface area (Å²) in [7, 11) is 0. The van der Waals surface area contributed by atoms with E-state index >= 15 is 0 Å². The van der Waals surface area contributed by atoms with Crippen LogP contribution in [0.1, 0.15) is 42.3 Å². The summed E-state index contributed by atoms with van der Waals surface area (Å²) >= 11 is 3.78. The lowest BCUT2D eigenvalue weighted by molar-refractivity contribution is 0.300. The highest BCUT2D eigenvalue weighted by Crippen LogP contribution is 2.41. The van der Waals surface area contributed by atoms with Gasteiger partial charge in [-0.05, 0) is 76.2 Å². The summed E-state index contributed by atoms with van der Waals surface area (Å²) < 4.78 is 13.5. The molecule has 6 rings (SSSR count). The molecule has 0 fully saturated rings. The number of hydrogen-bond donors (Lipinski definition) is 1. The molecule has 0 unspecified atom stereocenters. The Morgan fingerprint density at radius 3 is 2.69 bits per heavy atom. The lowest BCUT2D eigenvalue weighted by Crippen LogP contribution is -2.10. The number of halogens is 2. The van der Waals surface area contributed by atoms with Crippen LogP contribution in [0.15, 0.2) is 57.4 Å². The van der Waals surface area contributed by atoms with Crippen molar-refractivity contribution in [2.24, 2.45) is 0 Å². The Bertz CT molecular complexity index is 1520. The molecule has 5 aromatic rings. The third-order valence-corrected chi connectivity index (χ3v) is 7.32. The van der Waals surface area contributed by atoms with Crippen molar-refractivity contribution in [3.63, 3.8) is 0 Å². The van der Waals surface area contributed by atoms with Gasteiger partial charge < -0.3 is 9.15 Å². The van der Waals surface area contributed by atoms with Gasteiger partial charge in [-0.25, -0.2) is 5.10 Å². The van der Waals surface area contributed by atoms with Gasteiger partial charge >= 0.3 is 0 Å². The van der Waals surface area contributed by atoms with E-state index in [0.717, 1.165) is 68.6 Å². The van der Waals surface area contributed by atoms with E-state index < -0.39 is 0 Å². The molecule has 1 aliphatic rings. The number of nitrogens with one attached hydrogen (secondary N) is 1. The fourth-order valence-corrected chi connectivity index (χ4v) is 5.34. The van der Waals surface area contributed by atoms with Crippen LogP contribution in [0.3, 0.4) is 0 Å². The quantitative estimate of drug-likeness (QED) is 0.241. The molecular weight excluding hydrogens is 542 g/mol. The third-order valence-electron chi connectivity index (χ3n) is 6.53.